The quantitative estimate of drug-likeness (QED) is 0.316. The predicted molar refractivity (Wildman–Crippen MR) is 167 cm³/mol. The minimum atomic E-state index is -0.728. The van der Waals surface area contributed by atoms with Gasteiger partial charge in [-0.1, -0.05) is 90.1 Å². The summed E-state index contributed by atoms with van der Waals surface area (Å²) in [6, 6.07) is 12.0. The van der Waals surface area contributed by atoms with Gasteiger partial charge in [0.25, 0.3) is 0 Å². The second-order valence-corrected chi connectivity index (χ2v) is 10.6. The van der Waals surface area contributed by atoms with E-state index in [1.807, 2.05) is 52.0 Å². The number of phenols is 1. The number of ether oxygens (including phenoxy) is 1. The van der Waals surface area contributed by atoms with Gasteiger partial charge in [0.15, 0.2) is 0 Å². The van der Waals surface area contributed by atoms with E-state index in [2.05, 4.69) is 5.32 Å². The molecule has 232 valence electrons. The van der Waals surface area contributed by atoms with Crippen molar-refractivity contribution in [2.24, 2.45) is 17.6 Å². The summed E-state index contributed by atoms with van der Waals surface area (Å²) in [4.78, 5) is 40.6. The molecular weight excluding hydrogens is 530 g/mol. The molecule has 1 aliphatic heterocycles. The molecule has 4 atom stereocenters. The number of carbonyl (C=O) groups excluding carboxylic acids is 3. The lowest BCUT2D eigenvalue weighted by atomic mass is 9.79. The van der Waals surface area contributed by atoms with Crippen molar-refractivity contribution in [3.63, 3.8) is 0 Å². The Bertz CT molecular complexity index is 1100. The van der Waals surface area contributed by atoms with Crippen molar-refractivity contribution >= 4 is 18.1 Å². The fourth-order valence-corrected chi connectivity index (χ4v) is 6.03. The van der Waals surface area contributed by atoms with Crippen LogP contribution in [0.3, 0.4) is 0 Å². The fourth-order valence-electron chi connectivity index (χ4n) is 6.03. The lowest BCUT2D eigenvalue weighted by molar-refractivity contribution is -0.139. The maximum atomic E-state index is 13.6. The molecule has 0 spiro atoms. The number of methoxy groups -OCH3 is 1. The second-order valence-electron chi connectivity index (χ2n) is 10.6. The van der Waals surface area contributed by atoms with E-state index in [9.17, 15) is 19.5 Å². The summed E-state index contributed by atoms with van der Waals surface area (Å²) in [5, 5.41) is 12.4. The zero-order valence-electron chi connectivity index (χ0n) is 26.1. The van der Waals surface area contributed by atoms with E-state index >= 15 is 0 Å². The first-order valence-corrected chi connectivity index (χ1v) is 15.6. The van der Waals surface area contributed by atoms with Crippen LogP contribution in [-0.2, 0) is 20.8 Å². The molecule has 2 aliphatic rings. The normalized spacial score (nSPS) is 19.7. The van der Waals surface area contributed by atoms with Crippen molar-refractivity contribution in [3.05, 3.63) is 59.7 Å². The molecule has 2 aromatic carbocycles. The number of aromatic hydroxyl groups is 1. The minimum Gasteiger partial charge on any atom is -0.508 e. The summed E-state index contributed by atoms with van der Waals surface area (Å²) in [5.74, 6) is 1.05. The summed E-state index contributed by atoms with van der Waals surface area (Å²) in [6.45, 7) is 8.53. The topological polar surface area (TPSA) is 122 Å². The standard InChI is InChI=1S/C30H39N3O5.2C2H6/c1-38-28-10-6-5-9-25(28)26(31)17-29(36)33-18-22(21-7-3-2-4-8-21)16-27(33)30(37)32-23(19-34)15-20-11-13-24(35)14-12-20;2*1-2/h5-6,9-14,19,21-23,26-27,35H,2-4,7-8,15-18,31H2,1H3,(H,32,37);2*1-2H3/t22?,23-,26-,27-;;/m0../s1. The summed E-state index contributed by atoms with van der Waals surface area (Å²) < 4.78 is 5.42. The third-order valence-electron chi connectivity index (χ3n) is 8.09. The van der Waals surface area contributed by atoms with E-state index in [1.54, 1.807) is 36.3 Å². The van der Waals surface area contributed by atoms with Crippen LogP contribution in [0.15, 0.2) is 48.5 Å². The molecular formula is C34H51N3O5. The molecule has 2 aromatic rings. The van der Waals surface area contributed by atoms with Gasteiger partial charge >= 0.3 is 0 Å². The summed E-state index contributed by atoms with van der Waals surface area (Å²) in [5.41, 5.74) is 8.02. The molecule has 2 amide bonds. The van der Waals surface area contributed by atoms with Gasteiger partial charge in [-0.05, 0) is 48.4 Å². The summed E-state index contributed by atoms with van der Waals surface area (Å²) >= 11 is 0. The van der Waals surface area contributed by atoms with Crippen molar-refractivity contribution in [1.29, 1.82) is 0 Å². The molecule has 8 nitrogen and oxygen atoms in total. The van der Waals surface area contributed by atoms with Crippen LogP contribution < -0.4 is 15.8 Å². The third-order valence-corrected chi connectivity index (χ3v) is 8.09. The lowest BCUT2D eigenvalue weighted by Crippen LogP contribution is -2.50. The van der Waals surface area contributed by atoms with Crippen LogP contribution in [-0.4, -0.2) is 53.8 Å². The van der Waals surface area contributed by atoms with E-state index < -0.39 is 18.1 Å². The number of carbonyl (C=O) groups is 3. The number of aldehydes is 1. The van der Waals surface area contributed by atoms with Crippen LogP contribution in [0.4, 0.5) is 0 Å². The monoisotopic (exact) mass is 581 g/mol. The van der Waals surface area contributed by atoms with Gasteiger partial charge in [0, 0.05) is 24.6 Å². The number of amides is 2. The number of phenolic OH excluding ortho intramolecular Hbond substituents is 1. The molecule has 2 fully saturated rings. The van der Waals surface area contributed by atoms with Gasteiger partial charge in [0.05, 0.1) is 13.2 Å². The highest BCUT2D eigenvalue weighted by atomic mass is 16.5. The smallest absolute Gasteiger partial charge is 0.243 e. The molecule has 0 radical (unpaired) electrons. The lowest BCUT2D eigenvalue weighted by Gasteiger charge is -2.28. The number of hydrogen-bond donors (Lipinski definition) is 3. The average molecular weight is 582 g/mol. The molecule has 1 saturated carbocycles. The summed E-state index contributed by atoms with van der Waals surface area (Å²) in [7, 11) is 1.57. The number of nitrogens with two attached hydrogens (primary N) is 1. The van der Waals surface area contributed by atoms with E-state index in [0.29, 0.717) is 31.1 Å². The van der Waals surface area contributed by atoms with Crippen LogP contribution in [0.25, 0.3) is 0 Å². The van der Waals surface area contributed by atoms with E-state index in [-0.39, 0.29) is 29.9 Å². The number of para-hydroxylation sites is 1. The van der Waals surface area contributed by atoms with E-state index in [0.717, 1.165) is 30.3 Å². The minimum absolute atomic E-state index is 0.0617. The first-order valence-electron chi connectivity index (χ1n) is 15.6. The molecule has 0 bridgehead atoms. The molecule has 4 rings (SSSR count). The highest BCUT2D eigenvalue weighted by Gasteiger charge is 2.43. The molecule has 1 aliphatic carbocycles. The molecule has 1 saturated heterocycles. The Morgan fingerprint density at radius 1 is 1.02 bits per heavy atom. The van der Waals surface area contributed by atoms with Gasteiger partial charge in [0.2, 0.25) is 11.8 Å². The fraction of sp³-hybridized carbons (Fsp3) is 0.559. The van der Waals surface area contributed by atoms with Crippen molar-refractivity contribution in [3.8, 4) is 11.5 Å². The Kier molecular flexibility index (Phi) is 15.1. The van der Waals surface area contributed by atoms with Crippen molar-refractivity contribution < 1.29 is 24.2 Å². The Balaban J connectivity index is 0.00000148. The van der Waals surface area contributed by atoms with Crippen LogP contribution >= 0.6 is 0 Å². The molecule has 0 aromatic heterocycles. The number of rotatable bonds is 10. The maximum Gasteiger partial charge on any atom is 0.243 e. The molecule has 8 heteroatoms. The Hall–Kier alpha value is -3.39. The van der Waals surface area contributed by atoms with Gasteiger partial charge in [-0.15, -0.1) is 0 Å². The first-order chi connectivity index (χ1) is 20.4. The van der Waals surface area contributed by atoms with Crippen LogP contribution in [0.1, 0.15) is 89.8 Å². The van der Waals surface area contributed by atoms with Gasteiger partial charge in [-0.3, -0.25) is 9.59 Å². The molecule has 1 unspecified atom stereocenters. The maximum absolute atomic E-state index is 13.6. The third kappa shape index (κ3) is 9.58. The molecule has 4 N–H and O–H groups in total. The van der Waals surface area contributed by atoms with E-state index in [1.165, 1.54) is 19.3 Å². The summed E-state index contributed by atoms with van der Waals surface area (Å²) in [6.07, 6.45) is 7.54. The van der Waals surface area contributed by atoms with Crippen molar-refractivity contribution in [2.45, 2.75) is 97.2 Å². The van der Waals surface area contributed by atoms with Crippen molar-refractivity contribution in [2.75, 3.05) is 13.7 Å². The average Bonchev–Trinajstić information content (AvgIpc) is 3.50. The zero-order valence-corrected chi connectivity index (χ0v) is 26.1. The number of nitrogens with zero attached hydrogens (tertiary/aromatic N) is 1. The number of likely N-dealkylation sites (tertiary alicyclic amines) is 1. The second kappa shape index (κ2) is 18.2. The highest BCUT2D eigenvalue weighted by molar-refractivity contribution is 5.90. The Morgan fingerprint density at radius 2 is 1.67 bits per heavy atom. The van der Waals surface area contributed by atoms with Gasteiger partial charge in [-0.25, -0.2) is 0 Å². The van der Waals surface area contributed by atoms with Crippen LogP contribution in [0.2, 0.25) is 0 Å². The number of nitrogens with one attached hydrogen (secondary N) is 1. The largest absolute Gasteiger partial charge is 0.508 e. The number of hydrogen-bond acceptors (Lipinski definition) is 6. The van der Waals surface area contributed by atoms with Crippen LogP contribution in [0, 0.1) is 11.8 Å². The van der Waals surface area contributed by atoms with Crippen LogP contribution in [0.5, 0.6) is 11.5 Å². The van der Waals surface area contributed by atoms with Gasteiger partial charge in [0.1, 0.15) is 23.8 Å². The molecule has 1 heterocycles. The Labute approximate surface area is 252 Å². The SMILES string of the molecule is CC.CC.COc1ccccc1[C@@H](N)CC(=O)N1CC(C2CCCCC2)C[C@H]1C(=O)N[C@H](C=O)Cc1ccc(O)cc1. The predicted octanol–water partition coefficient (Wildman–Crippen LogP) is 5.57. The van der Waals surface area contributed by atoms with Gasteiger partial charge in [-0.2, -0.15) is 0 Å². The van der Waals surface area contributed by atoms with Crippen molar-refractivity contribution in [1.82, 2.24) is 10.2 Å². The first kappa shape index (κ1) is 34.8. The molecule has 42 heavy (non-hydrogen) atoms. The highest BCUT2D eigenvalue weighted by Crippen LogP contribution is 2.38. The van der Waals surface area contributed by atoms with Gasteiger partial charge < -0.3 is 30.6 Å². The van der Waals surface area contributed by atoms with E-state index in [4.69, 9.17) is 10.5 Å². The Morgan fingerprint density at radius 3 is 2.29 bits per heavy atom. The number of benzene rings is 2. The zero-order chi connectivity index (χ0) is 31.1.